The second kappa shape index (κ2) is 27.8. The van der Waals surface area contributed by atoms with E-state index in [2.05, 4.69) is 35.4 Å². The van der Waals surface area contributed by atoms with E-state index in [1.807, 2.05) is 55.7 Å². The molecule has 73 heavy (non-hydrogen) atoms. The van der Waals surface area contributed by atoms with Crippen molar-refractivity contribution in [1.29, 1.82) is 0 Å². The Morgan fingerprint density at radius 3 is 1.49 bits per heavy atom. The monoisotopic (exact) mass is 1050 g/mol. The number of ether oxygens (including phenoxy) is 3. The average molecular weight is 1050 g/mol. The van der Waals surface area contributed by atoms with Gasteiger partial charge in [0.2, 0.25) is 0 Å². The molecule has 19 nitrogen and oxygen atoms in total. The van der Waals surface area contributed by atoms with E-state index < -0.39 is 18.1 Å². The first-order chi connectivity index (χ1) is 35.2. The standard InChI is InChI=1S/C23H32N6O3.C17H23N5O.C6H10ClNO2.C4H8O.CH3F.Na.H/c1-23(2)15-32-16-28(23)22(31)29-24-19-9-8-17(14-20(19)25-29)21(30)27-12-10-26(11-13-27)18-6-4-3-5-7-18;23-17(13-6-7-15-16(12-13)19-20-18-15)22-10-8-21(9-11-22)14-4-2-1-3-5-14;1-6(2)3-10-4-8(6)5(7)9;1-2-4-5-3-1;1-2;;/h8-9,14,18H,3-7,10-13,15-16H2,1-2H3;6-7,12,14H,1-5,8-11H2,(H,18,19,20);3-4H2,1-2H3;1-4H2;1H3;;/q;;;;;+1;-1/i;;;;1D;;. The van der Waals surface area contributed by atoms with Crippen LogP contribution in [0.4, 0.5) is 14.0 Å². The van der Waals surface area contributed by atoms with Gasteiger partial charge in [-0.2, -0.15) is 15.4 Å². The molecule has 2 aliphatic carbocycles. The SMILES string of the molecule is C1CCOC1.CC1(C)COCN1C(=O)Cl.CC1(C)COCN1C(=O)n1nc2ccc(C(=O)N3CCN(C4CCCCC4)CC3)cc2n1.O=C(c1ccc2n[nH]nc2c1)N1CCN(C2CCCCC2)CC1.[2H]CF.[H-].[Na+]. The van der Waals surface area contributed by atoms with E-state index in [1.54, 1.807) is 23.1 Å². The maximum absolute atomic E-state index is 13.1. The molecule has 22 heteroatoms. The van der Waals surface area contributed by atoms with Gasteiger partial charge in [-0.05, 0) is 114 Å². The number of rotatable bonds is 4. The molecule has 0 atom stereocenters. The van der Waals surface area contributed by atoms with Crippen molar-refractivity contribution in [1.82, 2.24) is 59.8 Å². The maximum atomic E-state index is 13.1. The summed E-state index contributed by atoms with van der Waals surface area (Å²) in [4.78, 5) is 62.6. The van der Waals surface area contributed by atoms with Crippen molar-refractivity contribution in [3.63, 3.8) is 0 Å². The van der Waals surface area contributed by atoms with Crippen molar-refractivity contribution in [2.45, 2.75) is 128 Å². The Kier molecular flexibility index (Phi) is 21.6. The van der Waals surface area contributed by atoms with Gasteiger partial charge in [0.05, 0.1) is 32.8 Å². The van der Waals surface area contributed by atoms with E-state index in [-0.39, 0.29) is 61.1 Å². The van der Waals surface area contributed by atoms with Crippen LogP contribution in [0.2, 0.25) is 0 Å². The molecule has 7 fully saturated rings. The first kappa shape index (κ1) is 56.9. The number of hydrogen-bond donors (Lipinski definition) is 1. The van der Waals surface area contributed by atoms with Crippen LogP contribution >= 0.6 is 11.6 Å². The molecule has 11 rings (SSSR count). The third kappa shape index (κ3) is 15.4. The Bertz CT molecular complexity index is 2420. The van der Waals surface area contributed by atoms with Crippen LogP contribution in [0, 0.1) is 0 Å². The number of fused-ring (bicyclic) bond motifs is 2. The van der Waals surface area contributed by atoms with Gasteiger partial charge in [-0.3, -0.25) is 38.4 Å². The van der Waals surface area contributed by atoms with Gasteiger partial charge in [-0.1, -0.05) is 43.3 Å². The van der Waals surface area contributed by atoms with Gasteiger partial charge in [0.15, 0.2) is 0 Å². The number of hydrogen-bond acceptors (Lipinski definition) is 13. The molecule has 7 aliphatic rings. The molecular weight excluding hydrogens is 970 g/mol. The Labute approximate surface area is 459 Å². The van der Waals surface area contributed by atoms with E-state index in [1.165, 1.54) is 81.9 Å². The Morgan fingerprint density at radius 2 is 1.07 bits per heavy atom. The maximum Gasteiger partial charge on any atom is 1.00 e. The molecule has 4 amide bonds. The fourth-order valence-corrected chi connectivity index (χ4v) is 10.7. The number of nitrogens with zero attached hydrogens (tertiary/aromatic N) is 11. The number of piperazine rings is 2. The predicted molar refractivity (Wildman–Crippen MR) is 274 cm³/mol. The third-order valence-electron chi connectivity index (χ3n) is 14.8. The molecule has 0 radical (unpaired) electrons. The topological polar surface area (TPSA) is 188 Å². The Hall–Kier alpha value is -3.86. The predicted octanol–water partition coefficient (Wildman–Crippen LogP) is 4.52. The number of aromatic amines is 1. The van der Waals surface area contributed by atoms with Gasteiger partial charge >= 0.3 is 41.0 Å². The molecule has 2 aromatic heterocycles. The molecule has 4 aromatic rings. The normalized spacial score (nSPS) is 21.6. The molecule has 2 aromatic carbocycles. The molecule has 1 N–H and O–H groups in total. The summed E-state index contributed by atoms with van der Waals surface area (Å²) < 4.78 is 30.9. The largest absolute Gasteiger partial charge is 1.00 e. The van der Waals surface area contributed by atoms with Crippen molar-refractivity contribution < 1.29 is 70.1 Å². The summed E-state index contributed by atoms with van der Waals surface area (Å²) >= 11 is 5.28. The summed E-state index contributed by atoms with van der Waals surface area (Å²) in [6, 6.07) is 11.9. The molecule has 5 saturated heterocycles. The summed E-state index contributed by atoms with van der Waals surface area (Å²) in [6.45, 7) is 18.4. The summed E-state index contributed by atoms with van der Waals surface area (Å²) in [5.74, 6) is 0.128. The number of H-pyrrole nitrogens is 1. The Morgan fingerprint density at radius 1 is 0.630 bits per heavy atom. The van der Waals surface area contributed by atoms with Crippen LogP contribution in [0.3, 0.4) is 0 Å². The number of carbonyl (C=O) groups excluding carboxylic acids is 4. The van der Waals surface area contributed by atoms with Gasteiger partial charge in [0, 0.05) is 88.8 Å². The fourth-order valence-electron chi connectivity index (χ4n) is 10.4. The van der Waals surface area contributed by atoms with Gasteiger partial charge < -0.3 is 25.4 Å². The van der Waals surface area contributed by atoms with Crippen molar-refractivity contribution in [2.75, 3.05) is 99.4 Å². The molecule has 0 spiro atoms. The van der Waals surface area contributed by atoms with Crippen LogP contribution in [0.5, 0.6) is 0 Å². The van der Waals surface area contributed by atoms with Crippen LogP contribution in [-0.4, -0.2) is 206 Å². The number of alkyl halides is 1. The van der Waals surface area contributed by atoms with Crippen LogP contribution in [0.15, 0.2) is 36.4 Å². The zero-order valence-electron chi connectivity index (χ0n) is 45.7. The molecule has 2 saturated carbocycles. The summed E-state index contributed by atoms with van der Waals surface area (Å²) in [7, 11) is -1.00. The zero-order valence-corrected chi connectivity index (χ0v) is 46.5. The van der Waals surface area contributed by atoms with E-state index in [4.69, 9.17) is 27.2 Å². The van der Waals surface area contributed by atoms with Gasteiger partial charge in [0.25, 0.3) is 11.8 Å². The van der Waals surface area contributed by atoms with E-state index in [9.17, 15) is 23.6 Å². The first-order valence-corrected chi connectivity index (χ1v) is 26.2. The quantitative estimate of drug-likeness (QED) is 0.171. The van der Waals surface area contributed by atoms with Crippen molar-refractivity contribution in [2.24, 2.45) is 0 Å². The van der Waals surface area contributed by atoms with Gasteiger partial charge in [0.1, 0.15) is 35.5 Å². The van der Waals surface area contributed by atoms with Gasteiger partial charge in [-0.25, -0.2) is 4.79 Å². The third-order valence-corrected chi connectivity index (χ3v) is 15.0. The number of benzene rings is 2. The van der Waals surface area contributed by atoms with Gasteiger partial charge in [-0.15, -0.1) is 10.2 Å². The summed E-state index contributed by atoms with van der Waals surface area (Å²) in [5.41, 5.74) is 3.33. The average Bonchev–Trinajstić information content (AvgIpc) is 4.29. The first-order valence-electron chi connectivity index (χ1n) is 26.5. The molecule has 7 heterocycles. The number of amides is 4. The zero-order chi connectivity index (χ0) is 52.0. The van der Waals surface area contributed by atoms with E-state index in [0.717, 1.165) is 87.4 Å². The second-order valence-corrected chi connectivity index (χ2v) is 21.1. The smallest absolute Gasteiger partial charge is 1.00 e. The molecule has 0 bridgehead atoms. The van der Waals surface area contributed by atoms with E-state index in [0.29, 0.717) is 48.1 Å². The minimum atomic E-state index is -1.00. The van der Waals surface area contributed by atoms with Crippen LogP contribution in [0.1, 0.15) is 128 Å². The second-order valence-electron chi connectivity index (χ2n) is 20.8. The minimum Gasteiger partial charge on any atom is -1.00 e. The van der Waals surface area contributed by atoms with Crippen LogP contribution < -0.4 is 29.6 Å². The van der Waals surface area contributed by atoms with Crippen molar-refractivity contribution in [3.8, 4) is 0 Å². The molecular formula is C51H77ClFN12NaO7. The number of aromatic nitrogens is 6. The van der Waals surface area contributed by atoms with Crippen molar-refractivity contribution >= 4 is 56.9 Å². The number of carbonyl (C=O) groups is 4. The number of nitrogens with one attached hydrogen (secondary N) is 1. The van der Waals surface area contributed by atoms with Crippen molar-refractivity contribution in [3.05, 3.63) is 47.5 Å². The van der Waals surface area contributed by atoms with E-state index >= 15 is 0 Å². The summed E-state index contributed by atoms with van der Waals surface area (Å²) in [5, 5.41) is 18.9. The number of halogens is 2. The van der Waals surface area contributed by atoms with Crippen LogP contribution in [-0.2, 0) is 14.2 Å². The minimum absolute atomic E-state index is 0. The molecule has 5 aliphatic heterocycles. The van der Waals surface area contributed by atoms with Crippen LogP contribution in [0.25, 0.3) is 22.1 Å². The Balaban J connectivity index is 0.000000209. The summed E-state index contributed by atoms with van der Waals surface area (Å²) in [6.07, 6.45) is 15.9. The fraction of sp³-hybridized carbons (Fsp3) is 0.686. The molecule has 0 unspecified atom stereocenters. The molecule has 398 valence electrons.